The smallest absolute Gasteiger partial charge is 0.146 e. The summed E-state index contributed by atoms with van der Waals surface area (Å²) >= 11 is 0. The molecule has 0 aliphatic carbocycles. The molecule has 39 heavy (non-hydrogen) atoms. The Morgan fingerprint density at radius 3 is 1.23 bits per heavy atom. The van der Waals surface area contributed by atoms with Gasteiger partial charge in [-0.2, -0.15) is 0 Å². The molecule has 0 fully saturated rings. The maximum absolute atomic E-state index is 11.3. The number of aromatic hydroxyl groups is 2. The Balaban J connectivity index is 1.49. The number of hydrogen-bond donors (Lipinski definition) is 4. The summed E-state index contributed by atoms with van der Waals surface area (Å²) in [4.78, 5) is 2.68. The number of rotatable bonds is 6. The van der Waals surface area contributed by atoms with Gasteiger partial charge in [-0.25, -0.2) is 0 Å². The molecule has 0 radical (unpaired) electrons. The summed E-state index contributed by atoms with van der Waals surface area (Å²) in [5, 5.41) is 61.5. The normalized spacial score (nSPS) is 13.2. The van der Waals surface area contributed by atoms with Crippen LogP contribution in [-0.2, 0) is 6.42 Å². The van der Waals surface area contributed by atoms with E-state index in [9.17, 15) is 20.4 Å². The number of phenols is 2. The summed E-state index contributed by atoms with van der Waals surface area (Å²) in [6.45, 7) is 3.26. The Bertz CT molecular complexity index is 1640. The van der Waals surface area contributed by atoms with Gasteiger partial charge in [-0.05, 0) is 73.5 Å². The Hall–Kier alpha value is -4.80. The van der Waals surface area contributed by atoms with Gasteiger partial charge in [0.25, 0.3) is 0 Å². The van der Waals surface area contributed by atoms with Crippen molar-refractivity contribution in [2.45, 2.75) is 32.5 Å². The van der Waals surface area contributed by atoms with Gasteiger partial charge in [0.1, 0.15) is 44.9 Å². The van der Waals surface area contributed by atoms with Crippen molar-refractivity contribution < 1.29 is 20.4 Å². The van der Waals surface area contributed by atoms with Crippen LogP contribution >= 0.6 is 0 Å². The predicted molar refractivity (Wildman–Crippen MR) is 145 cm³/mol. The van der Waals surface area contributed by atoms with Crippen LogP contribution in [0.2, 0.25) is 0 Å². The molecule has 6 aromatic rings. The molecular weight excluding hydrogens is 496 g/mol. The first-order valence-electron chi connectivity index (χ1n) is 12.5. The second kappa shape index (κ2) is 9.50. The number of phenolic OH excluding ortho intramolecular Hbond substituents is 2. The highest BCUT2D eigenvalue weighted by Gasteiger charge is 2.21. The van der Waals surface area contributed by atoms with Gasteiger partial charge in [0.15, 0.2) is 0 Å². The summed E-state index contributed by atoms with van der Waals surface area (Å²) in [5.41, 5.74) is 5.20. The van der Waals surface area contributed by atoms with E-state index >= 15 is 0 Å². The number of aromatic nitrogens is 6. The van der Waals surface area contributed by atoms with Crippen molar-refractivity contribution in [1.29, 1.82) is 0 Å². The molecule has 10 heteroatoms. The second-order valence-corrected chi connectivity index (χ2v) is 9.58. The molecule has 4 N–H and O–H groups in total. The van der Waals surface area contributed by atoms with Crippen molar-refractivity contribution in [3.63, 3.8) is 0 Å². The number of nitrogens with zero attached hydrogens (tertiary/aromatic N) is 6. The zero-order valence-electron chi connectivity index (χ0n) is 21.3. The van der Waals surface area contributed by atoms with Gasteiger partial charge in [0.05, 0.1) is 12.2 Å². The Morgan fingerprint density at radius 1 is 0.590 bits per heavy atom. The summed E-state index contributed by atoms with van der Waals surface area (Å²) in [6, 6.07) is 21.3. The lowest BCUT2D eigenvalue weighted by molar-refractivity contribution is 0.199. The molecule has 10 nitrogen and oxygen atoms in total. The molecule has 2 unspecified atom stereocenters. The molecule has 0 saturated carbocycles. The fourth-order valence-electron chi connectivity index (χ4n) is 4.60. The van der Waals surface area contributed by atoms with E-state index in [0.29, 0.717) is 55.7 Å². The molecule has 0 spiro atoms. The van der Waals surface area contributed by atoms with Crippen molar-refractivity contribution in [1.82, 2.24) is 30.0 Å². The minimum atomic E-state index is -0.832. The lowest BCUT2D eigenvalue weighted by Gasteiger charge is -2.17. The summed E-state index contributed by atoms with van der Waals surface area (Å²) < 4.78 is 0. The summed E-state index contributed by atoms with van der Waals surface area (Å²) in [5.74, 6) is -0.183. The summed E-state index contributed by atoms with van der Waals surface area (Å²) in [7, 11) is 0. The minimum absolute atomic E-state index is 0.0837. The lowest BCUT2D eigenvalue weighted by Crippen LogP contribution is -2.06. The van der Waals surface area contributed by atoms with E-state index in [4.69, 9.17) is 0 Å². The second-order valence-electron chi connectivity index (χ2n) is 9.58. The molecule has 196 valence electrons. The van der Waals surface area contributed by atoms with Crippen molar-refractivity contribution in [2.24, 2.45) is 0 Å². The zero-order valence-corrected chi connectivity index (χ0v) is 21.3. The van der Waals surface area contributed by atoms with Crippen LogP contribution in [0.3, 0.4) is 0 Å². The fraction of sp³-hybridized carbons (Fsp3) is 0.172. The third-order valence-electron chi connectivity index (χ3n) is 6.73. The highest BCUT2D eigenvalue weighted by atomic mass is 16.3. The van der Waals surface area contributed by atoms with E-state index in [1.165, 1.54) is 9.59 Å². The van der Waals surface area contributed by atoms with Crippen LogP contribution in [-0.4, -0.2) is 50.4 Å². The van der Waals surface area contributed by atoms with Crippen molar-refractivity contribution in [3.05, 3.63) is 95.1 Å². The first kappa shape index (κ1) is 24.5. The Labute approximate surface area is 223 Å². The van der Waals surface area contributed by atoms with Gasteiger partial charge in [-0.1, -0.05) is 24.3 Å². The van der Waals surface area contributed by atoms with Gasteiger partial charge in [-0.15, -0.1) is 30.0 Å². The highest BCUT2D eigenvalue weighted by molar-refractivity contribution is 5.74. The molecule has 2 atom stereocenters. The Morgan fingerprint density at radius 2 is 0.923 bits per heavy atom. The number of fused-ring (bicyclic) bond motifs is 2. The van der Waals surface area contributed by atoms with E-state index in [1.807, 2.05) is 48.5 Å². The van der Waals surface area contributed by atoms with Gasteiger partial charge < -0.3 is 20.4 Å². The molecule has 2 heterocycles. The van der Waals surface area contributed by atoms with Crippen LogP contribution in [0.4, 0.5) is 0 Å². The fourth-order valence-corrected chi connectivity index (χ4v) is 4.60. The molecule has 2 aromatic heterocycles. The number of benzene rings is 4. The molecule has 0 aliphatic rings. The summed E-state index contributed by atoms with van der Waals surface area (Å²) in [6.07, 6.45) is -1.58. The van der Waals surface area contributed by atoms with Crippen LogP contribution in [0.1, 0.15) is 48.3 Å². The van der Waals surface area contributed by atoms with Crippen LogP contribution in [0.15, 0.2) is 72.8 Å². The lowest BCUT2D eigenvalue weighted by atomic mass is 9.95. The first-order valence-corrected chi connectivity index (χ1v) is 12.5. The van der Waals surface area contributed by atoms with E-state index in [2.05, 4.69) is 20.4 Å². The van der Waals surface area contributed by atoms with Crippen molar-refractivity contribution >= 4 is 22.1 Å². The van der Waals surface area contributed by atoms with Crippen molar-refractivity contribution in [3.8, 4) is 22.9 Å². The molecular formula is C29H26N6O4. The van der Waals surface area contributed by atoms with E-state index < -0.39 is 12.2 Å². The van der Waals surface area contributed by atoms with Gasteiger partial charge in [0.2, 0.25) is 0 Å². The van der Waals surface area contributed by atoms with Gasteiger partial charge in [-0.3, -0.25) is 0 Å². The predicted octanol–water partition coefficient (Wildman–Crippen LogP) is 4.26. The maximum Gasteiger partial charge on any atom is 0.146 e. The molecule has 0 bridgehead atoms. The standard InChI is InChI=1S/C29H26N6O4/c1-16(36)18-11-20(28(38)26(14-18)34-30-22-7-3-4-8-23(22)31-34)13-21-12-19(17(2)37)15-27(29(21)39)35-32-24-9-5-6-10-25(24)33-35/h3-12,14-17,36-39H,13H2,1-2H3. The minimum Gasteiger partial charge on any atom is -0.505 e. The largest absolute Gasteiger partial charge is 0.505 e. The molecule has 4 aromatic carbocycles. The average molecular weight is 523 g/mol. The topological polar surface area (TPSA) is 142 Å². The van der Waals surface area contributed by atoms with Crippen LogP contribution < -0.4 is 0 Å². The van der Waals surface area contributed by atoms with Crippen molar-refractivity contribution in [2.75, 3.05) is 0 Å². The van der Waals surface area contributed by atoms with Crippen LogP contribution in [0, 0.1) is 0 Å². The third kappa shape index (κ3) is 4.45. The van der Waals surface area contributed by atoms with E-state index in [0.717, 1.165) is 0 Å². The van der Waals surface area contributed by atoms with Gasteiger partial charge >= 0.3 is 0 Å². The highest BCUT2D eigenvalue weighted by Crippen LogP contribution is 2.36. The molecule has 0 aliphatic heterocycles. The molecule has 0 saturated heterocycles. The third-order valence-corrected chi connectivity index (χ3v) is 6.73. The average Bonchev–Trinajstić information content (AvgIpc) is 3.55. The van der Waals surface area contributed by atoms with Crippen LogP contribution in [0.5, 0.6) is 11.5 Å². The quantitative estimate of drug-likeness (QED) is 0.254. The van der Waals surface area contributed by atoms with Gasteiger partial charge in [0, 0.05) is 17.5 Å². The van der Waals surface area contributed by atoms with Crippen LogP contribution in [0.25, 0.3) is 33.4 Å². The van der Waals surface area contributed by atoms with E-state index in [-0.39, 0.29) is 17.9 Å². The number of aliphatic hydroxyl groups is 2. The zero-order chi connectivity index (χ0) is 27.3. The monoisotopic (exact) mass is 522 g/mol. The number of aliphatic hydroxyl groups excluding tert-OH is 2. The first-order chi connectivity index (χ1) is 18.8. The Kier molecular flexibility index (Phi) is 5.97. The molecule has 6 rings (SSSR count). The maximum atomic E-state index is 11.3. The number of hydrogen-bond acceptors (Lipinski definition) is 8. The molecule has 0 amide bonds. The SMILES string of the molecule is CC(O)c1cc(Cc2cc(C(C)O)cc(-n3nc4ccccc4n3)c2O)c(O)c(-n2nc3ccccc3n2)c1. The van der Waals surface area contributed by atoms with E-state index in [1.54, 1.807) is 38.1 Å².